The van der Waals surface area contributed by atoms with E-state index in [2.05, 4.69) is 69.2 Å². The number of hydrogen-bond donors (Lipinski definition) is 4. The molecule has 0 saturated carbocycles. The Morgan fingerprint density at radius 1 is 1.32 bits per heavy atom. The first-order chi connectivity index (χ1) is 19.3. The molecule has 3 aromatic heterocycles. The van der Waals surface area contributed by atoms with Gasteiger partial charge < -0.3 is 43.0 Å². The van der Waals surface area contributed by atoms with Crippen LogP contribution in [0.5, 0.6) is 0 Å². The fraction of sp³-hybridized carbons (Fsp3) is 0.148. The second-order valence-corrected chi connectivity index (χ2v) is 9.23. The maximum atomic E-state index is 12.5. The first kappa shape index (κ1) is 30.9. The molecule has 0 radical (unpaired) electrons. The fourth-order valence-corrected chi connectivity index (χ4v) is 4.09. The minimum atomic E-state index is -0.521. The molecule has 208 valence electrons. The number of nitrogens with one attached hydrogen (secondary N) is 3. The Balaban J connectivity index is 0.00000462. The zero-order chi connectivity index (χ0) is 28.6. The molecule has 0 aliphatic heterocycles. The summed E-state index contributed by atoms with van der Waals surface area (Å²) < 4.78 is 0.806. The molecule has 0 aliphatic carbocycles. The predicted octanol–water partition coefficient (Wildman–Crippen LogP) is 0.338. The molecular formula is C27H23Br2N9O3. The SMILES string of the molecule is C#Cc1cc(Nc2ncnc3cnc(NC(=O)/C=C/C[NH2+]C(C)c4nc(C#CC)[nH]c4[N+](=O)[O-])cc23)ccc1Br.[Br-]. The third kappa shape index (κ3) is 7.73. The Labute approximate surface area is 253 Å². The fourth-order valence-electron chi connectivity index (χ4n) is 3.73. The van der Waals surface area contributed by atoms with Gasteiger partial charge in [0.05, 0.1) is 18.3 Å². The molecule has 41 heavy (non-hydrogen) atoms. The van der Waals surface area contributed by atoms with Crippen LogP contribution in [0.25, 0.3) is 10.9 Å². The molecule has 0 spiro atoms. The van der Waals surface area contributed by atoms with E-state index in [1.165, 1.54) is 12.4 Å². The van der Waals surface area contributed by atoms with Crippen LogP contribution in [0.1, 0.15) is 37.0 Å². The lowest BCUT2D eigenvalue weighted by atomic mass is 10.2. The number of halogens is 2. The number of nitrogens with zero attached hydrogens (tertiary/aromatic N) is 5. The number of aromatic amines is 1. The lowest BCUT2D eigenvalue weighted by Crippen LogP contribution is -3.00. The van der Waals surface area contributed by atoms with Gasteiger partial charge in [-0.3, -0.25) is 4.79 Å². The zero-order valence-corrected chi connectivity index (χ0v) is 24.9. The number of rotatable bonds is 9. The number of fused-ring (bicyclic) bond motifs is 1. The van der Waals surface area contributed by atoms with Crippen LogP contribution in [0.15, 0.2) is 53.4 Å². The predicted molar refractivity (Wildman–Crippen MR) is 153 cm³/mol. The molecule has 12 nitrogen and oxygen atoms in total. The van der Waals surface area contributed by atoms with Gasteiger partial charge in [0.25, 0.3) is 5.82 Å². The van der Waals surface area contributed by atoms with Crippen LogP contribution < -0.4 is 32.9 Å². The summed E-state index contributed by atoms with van der Waals surface area (Å²) in [4.78, 5) is 43.0. The topological polar surface area (TPSA) is 168 Å². The van der Waals surface area contributed by atoms with Gasteiger partial charge in [0.15, 0.2) is 5.69 Å². The third-order valence-corrected chi connectivity index (χ3v) is 6.31. The molecule has 1 aromatic carbocycles. The van der Waals surface area contributed by atoms with E-state index >= 15 is 0 Å². The second-order valence-electron chi connectivity index (χ2n) is 8.38. The van der Waals surface area contributed by atoms with Gasteiger partial charge in [-0.25, -0.2) is 19.9 Å². The summed E-state index contributed by atoms with van der Waals surface area (Å²) in [5.41, 5.74) is 2.30. The maximum Gasteiger partial charge on any atom is 0.350 e. The van der Waals surface area contributed by atoms with Crippen molar-refractivity contribution in [3.05, 3.63) is 80.6 Å². The summed E-state index contributed by atoms with van der Waals surface area (Å²) in [6.07, 6.45) is 11.5. The van der Waals surface area contributed by atoms with Crippen LogP contribution in [0.3, 0.4) is 0 Å². The highest BCUT2D eigenvalue weighted by Gasteiger charge is 2.26. The highest BCUT2D eigenvalue weighted by atomic mass is 79.9. The Morgan fingerprint density at radius 3 is 2.85 bits per heavy atom. The van der Waals surface area contributed by atoms with Crippen LogP contribution in [-0.2, 0) is 4.79 Å². The Hall–Kier alpha value is -4.63. The number of pyridine rings is 1. The van der Waals surface area contributed by atoms with Gasteiger partial charge in [0.2, 0.25) is 5.91 Å². The van der Waals surface area contributed by atoms with E-state index in [1.807, 2.05) is 23.5 Å². The number of H-pyrrole nitrogens is 1. The van der Waals surface area contributed by atoms with Crippen molar-refractivity contribution in [2.75, 3.05) is 17.2 Å². The van der Waals surface area contributed by atoms with Crippen molar-refractivity contribution >= 4 is 55.9 Å². The number of carbonyl (C=O) groups is 1. The van der Waals surface area contributed by atoms with Crippen molar-refractivity contribution in [2.24, 2.45) is 0 Å². The first-order valence-corrected chi connectivity index (χ1v) is 12.7. The molecule has 3 heterocycles. The molecule has 4 aromatic rings. The van der Waals surface area contributed by atoms with E-state index in [0.717, 1.165) is 10.2 Å². The summed E-state index contributed by atoms with van der Waals surface area (Å²) in [5, 5.41) is 19.8. The van der Waals surface area contributed by atoms with Gasteiger partial charge in [-0.1, -0.05) is 11.8 Å². The maximum absolute atomic E-state index is 12.5. The molecule has 14 heteroatoms. The Kier molecular flexibility index (Phi) is 10.7. The lowest BCUT2D eigenvalue weighted by Gasteiger charge is -2.10. The summed E-state index contributed by atoms with van der Waals surface area (Å²) >= 11 is 3.42. The van der Waals surface area contributed by atoms with Crippen molar-refractivity contribution in [1.29, 1.82) is 0 Å². The van der Waals surface area contributed by atoms with Crippen molar-refractivity contribution in [3.63, 3.8) is 0 Å². The zero-order valence-electron chi connectivity index (χ0n) is 21.8. The molecule has 1 unspecified atom stereocenters. The van der Waals surface area contributed by atoms with Gasteiger partial charge in [-0.2, -0.15) is 4.98 Å². The van der Waals surface area contributed by atoms with Crippen LogP contribution >= 0.6 is 15.9 Å². The highest BCUT2D eigenvalue weighted by Crippen LogP contribution is 2.27. The summed E-state index contributed by atoms with van der Waals surface area (Å²) in [6.45, 7) is 3.79. The minimum Gasteiger partial charge on any atom is -1.00 e. The molecule has 5 N–H and O–H groups in total. The number of hydrogen-bond acceptors (Lipinski definition) is 8. The molecule has 4 rings (SSSR count). The Morgan fingerprint density at radius 2 is 2.12 bits per heavy atom. The molecule has 1 amide bonds. The van der Waals surface area contributed by atoms with Crippen molar-refractivity contribution in [3.8, 4) is 24.2 Å². The Bertz CT molecular complexity index is 1740. The number of amides is 1. The summed E-state index contributed by atoms with van der Waals surface area (Å²) in [6, 6.07) is 6.84. The largest absolute Gasteiger partial charge is 1.00 e. The first-order valence-electron chi connectivity index (χ1n) is 11.9. The molecule has 0 aliphatic rings. The van der Waals surface area contributed by atoms with Crippen LogP contribution in [0.2, 0.25) is 0 Å². The average Bonchev–Trinajstić information content (AvgIpc) is 3.37. The van der Waals surface area contributed by atoms with E-state index in [-0.39, 0.29) is 40.4 Å². The number of anilines is 3. The van der Waals surface area contributed by atoms with E-state index < -0.39 is 10.8 Å². The van der Waals surface area contributed by atoms with Gasteiger partial charge in [0.1, 0.15) is 24.0 Å². The van der Waals surface area contributed by atoms with Crippen molar-refractivity contribution < 1.29 is 32.0 Å². The molecule has 0 saturated heterocycles. The molecular weight excluding hydrogens is 658 g/mol. The van der Waals surface area contributed by atoms with Gasteiger partial charge in [0, 0.05) is 27.2 Å². The standard InChI is InChI=1S/C27H22BrN9O3.BrH/c1-4-7-22-35-25(27(36-22)37(39)40)16(3)29-11-6-8-24(38)34-23-13-19-21(14-30-23)31-15-32-26(19)33-18-9-10-20(28)17(5-2)12-18;/h2,6,8-10,12-16,29H,11H2,1,3H3,(H,35,36)(H,30,34,38)(H,31,32,33);1H/b8-6+;. The number of imidazole rings is 1. The van der Waals surface area contributed by atoms with Crippen LogP contribution in [-0.4, -0.2) is 42.3 Å². The van der Waals surface area contributed by atoms with Crippen molar-refractivity contribution in [2.45, 2.75) is 19.9 Å². The summed E-state index contributed by atoms with van der Waals surface area (Å²) in [7, 11) is 0. The van der Waals surface area contributed by atoms with Gasteiger partial charge in [-0.15, -0.1) is 6.42 Å². The number of aromatic nitrogens is 5. The quantitative estimate of drug-likeness (QED) is 0.0850. The number of nitrogens with two attached hydrogens (primary N) is 1. The third-order valence-electron chi connectivity index (χ3n) is 5.62. The van der Waals surface area contributed by atoms with Gasteiger partial charge >= 0.3 is 5.82 Å². The van der Waals surface area contributed by atoms with E-state index in [1.54, 1.807) is 32.2 Å². The number of quaternary nitrogens is 1. The number of carbonyl (C=O) groups excluding carboxylic acids is 1. The van der Waals surface area contributed by atoms with Crippen molar-refractivity contribution in [1.82, 2.24) is 24.9 Å². The normalized spacial score (nSPS) is 11.2. The van der Waals surface area contributed by atoms with Crippen LogP contribution in [0.4, 0.5) is 23.1 Å². The monoisotopic (exact) mass is 679 g/mol. The minimum absolute atomic E-state index is 0. The number of terminal acetylenes is 1. The van der Waals surface area contributed by atoms with Gasteiger partial charge in [-0.05, 0) is 71.0 Å². The van der Waals surface area contributed by atoms with E-state index in [0.29, 0.717) is 34.6 Å². The molecule has 0 bridgehead atoms. The van der Waals surface area contributed by atoms with E-state index in [4.69, 9.17) is 6.42 Å². The second kappa shape index (κ2) is 14.1. The highest BCUT2D eigenvalue weighted by molar-refractivity contribution is 9.10. The lowest BCUT2D eigenvalue weighted by molar-refractivity contribution is -0.685. The summed E-state index contributed by atoms with van der Waals surface area (Å²) in [5.74, 6) is 8.45. The molecule has 0 fully saturated rings. The van der Waals surface area contributed by atoms with E-state index in [9.17, 15) is 14.9 Å². The molecule has 1 atom stereocenters. The number of nitro groups is 1. The average molecular weight is 681 g/mol. The van der Waals surface area contributed by atoms with Crippen LogP contribution in [0, 0.1) is 34.3 Å². The number of benzene rings is 1. The smallest absolute Gasteiger partial charge is 0.350 e.